The van der Waals surface area contributed by atoms with Crippen molar-refractivity contribution < 1.29 is 23.1 Å². The number of halogens is 2. The first kappa shape index (κ1) is 18.1. The average Bonchev–Trinajstić information content (AvgIpc) is 3.07. The number of nitrogens with zero attached hydrogens (tertiary/aromatic N) is 1. The second-order valence-electron chi connectivity index (χ2n) is 6.09. The summed E-state index contributed by atoms with van der Waals surface area (Å²) in [7, 11) is 0. The van der Waals surface area contributed by atoms with Crippen molar-refractivity contribution in [2.24, 2.45) is 0 Å². The number of carbonyl (C=O) groups excluding carboxylic acids is 2. The Morgan fingerprint density at radius 2 is 2.00 bits per heavy atom. The first-order valence-electron chi connectivity index (χ1n) is 8.24. The molecular weight excluding hydrogens is 388 g/mol. The highest BCUT2D eigenvalue weighted by molar-refractivity contribution is 7.15. The number of amides is 2. The Kier molecular flexibility index (Phi) is 4.74. The van der Waals surface area contributed by atoms with Crippen molar-refractivity contribution >= 4 is 34.0 Å². The standard InChI is InChI=1S/C19H13F2N3O3S/c20-12-3-10(4-13(21)7-12)5-14-8-22-19(28-14)24-18(26)11-1-2-15-16(6-11)27-9-17(25)23-15/h1-4,6-8H,5,9H2,(H,23,25)(H,22,24,26). The molecule has 0 fully saturated rings. The highest BCUT2D eigenvalue weighted by Gasteiger charge is 2.18. The highest BCUT2D eigenvalue weighted by atomic mass is 32.1. The van der Waals surface area contributed by atoms with E-state index in [1.54, 1.807) is 18.3 Å². The maximum atomic E-state index is 13.3. The predicted octanol–water partition coefficient (Wildman–Crippen LogP) is 3.60. The van der Waals surface area contributed by atoms with Crippen molar-refractivity contribution in [3.63, 3.8) is 0 Å². The lowest BCUT2D eigenvalue weighted by Crippen LogP contribution is -2.25. The molecule has 4 rings (SSSR count). The molecule has 9 heteroatoms. The van der Waals surface area contributed by atoms with Crippen molar-refractivity contribution in [3.05, 3.63) is 70.2 Å². The molecule has 0 spiro atoms. The first-order chi connectivity index (χ1) is 13.5. The number of thiazole rings is 1. The SMILES string of the molecule is O=C1COc2cc(C(=O)Nc3ncc(Cc4cc(F)cc(F)c4)s3)ccc2N1. The molecule has 0 radical (unpaired) electrons. The summed E-state index contributed by atoms with van der Waals surface area (Å²) in [5, 5.41) is 5.70. The number of ether oxygens (including phenoxy) is 1. The van der Waals surface area contributed by atoms with Crippen molar-refractivity contribution in [1.29, 1.82) is 0 Å². The summed E-state index contributed by atoms with van der Waals surface area (Å²) < 4.78 is 31.9. The molecule has 2 aromatic carbocycles. The van der Waals surface area contributed by atoms with E-state index in [0.29, 0.717) is 34.1 Å². The summed E-state index contributed by atoms with van der Waals surface area (Å²) in [4.78, 5) is 28.6. The minimum atomic E-state index is -0.640. The third kappa shape index (κ3) is 3.99. The Labute approximate surface area is 162 Å². The molecule has 2 heterocycles. The van der Waals surface area contributed by atoms with Gasteiger partial charge in [0.25, 0.3) is 11.8 Å². The van der Waals surface area contributed by atoms with E-state index in [9.17, 15) is 18.4 Å². The Balaban J connectivity index is 1.45. The monoisotopic (exact) mass is 401 g/mol. The van der Waals surface area contributed by atoms with E-state index in [4.69, 9.17) is 4.74 Å². The topological polar surface area (TPSA) is 80.3 Å². The fourth-order valence-corrected chi connectivity index (χ4v) is 3.59. The summed E-state index contributed by atoms with van der Waals surface area (Å²) >= 11 is 1.22. The third-order valence-electron chi connectivity index (χ3n) is 3.95. The van der Waals surface area contributed by atoms with Crippen LogP contribution in [0.1, 0.15) is 20.8 Å². The van der Waals surface area contributed by atoms with Crippen LogP contribution in [0.4, 0.5) is 19.6 Å². The number of hydrogen-bond donors (Lipinski definition) is 2. The lowest BCUT2D eigenvalue weighted by Gasteiger charge is -2.18. The van der Waals surface area contributed by atoms with Gasteiger partial charge in [0.2, 0.25) is 0 Å². The number of anilines is 2. The molecule has 2 amide bonds. The summed E-state index contributed by atoms with van der Waals surface area (Å²) in [6.07, 6.45) is 1.85. The summed E-state index contributed by atoms with van der Waals surface area (Å²) in [5.74, 6) is -1.50. The van der Waals surface area contributed by atoms with Crippen LogP contribution in [-0.4, -0.2) is 23.4 Å². The molecule has 1 aliphatic rings. The third-order valence-corrected chi connectivity index (χ3v) is 4.86. The molecule has 2 N–H and O–H groups in total. The molecule has 28 heavy (non-hydrogen) atoms. The Bertz CT molecular complexity index is 1060. The lowest BCUT2D eigenvalue weighted by molar-refractivity contribution is -0.118. The predicted molar refractivity (Wildman–Crippen MR) is 99.8 cm³/mol. The van der Waals surface area contributed by atoms with Crippen LogP contribution >= 0.6 is 11.3 Å². The minimum Gasteiger partial charge on any atom is -0.482 e. The first-order valence-corrected chi connectivity index (χ1v) is 9.05. The molecule has 6 nitrogen and oxygen atoms in total. The van der Waals surface area contributed by atoms with Gasteiger partial charge in [-0.25, -0.2) is 13.8 Å². The van der Waals surface area contributed by atoms with E-state index < -0.39 is 11.6 Å². The largest absolute Gasteiger partial charge is 0.482 e. The van der Waals surface area contributed by atoms with Crippen LogP contribution in [0.15, 0.2) is 42.6 Å². The molecule has 0 saturated carbocycles. The number of rotatable bonds is 4. The molecule has 3 aromatic rings. The van der Waals surface area contributed by atoms with Gasteiger partial charge in [-0.05, 0) is 35.9 Å². The number of benzene rings is 2. The quantitative estimate of drug-likeness (QED) is 0.700. The number of fused-ring (bicyclic) bond motifs is 1. The second-order valence-corrected chi connectivity index (χ2v) is 7.20. The molecule has 0 aliphatic carbocycles. The van der Waals surface area contributed by atoms with E-state index in [1.165, 1.54) is 29.5 Å². The Morgan fingerprint density at radius 3 is 2.79 bits per heavy atom. The van der Waals surface area contributed by atoms with Gasteiger partial charge in [0.1, 0.15) is 17.4 Å². The zero-order chi connectivity index (χ0) is 19.7. The Morgan fingerprint density at radius 1 is 1.21 bits per heavy atom. The Hall–Kier alpha value is -3.33. The van der Waals surface area contributed by atoms with Crippen molar-refractivity contribution in [1.82, 2.24) is 4.98 Å². The van der Waals surface area contributed by atoms with Crippen molar-refractivity contribution in [2.75, 3.05) is 17.2 Å². The smallest absolute Gasteiger partial charge is 0.262 e. The van der Waals surface area contributed by atoms with Gasteiger partial charge in [-0.3, -0.25) is 14.9 Å². The number of aromatic nitrogens is 1. The molecule has 1 aliphatic heterocycles. The van der Waals surface area contributed by atoms with E-state index in [0.717, 1.165) is 10.9 Å². The van der Waals surface area contributed by atoms with Crippen LogP contribution in [-0.2, 0) is 11.2 Å². The molecule has 142 valence electrons. The van der Waals surface area contributed by atoms with Gasteiger partial charge in [0.15, 0.2) is 11.7 Å². The van der Waals surface area contributed by atoms with Gasteiger partial charge < -0.3 is 10.1 Å². The van der Waals surface area contributed by atoms with Gasteiger partial charge >= 0.3 is 0 Å². The van der Waals surface area contributed by atoms with Gasteiger partial charge in [-0.1, -0.05) is 0 Å². The number of nitrogens with one attached hydrogen (secondary N) is 2. The van der Waals surface area contributed by atoms with Gasteiger partial charge in [0, 0.05) is 29.1 Å². The van der Waals surface area contributed by atoms with E-state index >= 15 is 0 Å². The van der Waals surface area contributed by atoms with Crippen LogP contribution in [0.2, 0.25) is 0 Å². The van der Waals surface area contributed by atoms with Gasteiger partial charge in [0.05, 0.1) is 5.69 Å². The average molecular weight is 401 g/mol. The van der Waals surface area contributed by atoms with Crippen LogP contribution in [0, 0.1) is 11.6 Å². The second kappa shape index (κ2) is 7.35. The molecule has 0 bridgehead atoms. The normalized spacial score (nSPS) is 12.7. The van der Waals surface area contributed by atoms with Crippen molar-refractivity contribution in [2.45, 2.75) is 6.42 Å². The number of hydrogen-bond acceptors (Lipinski definition) is 5. The summed E-state index contributed by atoms with van der Waals surface area (Å²) in [5.41, 5.74) is 1.33. The molecule has 0 unspecified atom stereocenters. The fraction of sp³-hybridized carbons (Fsp3) is 0.105. The number of carbonyl (C=O) groups is 2. The molecular formula is C19H13F2N3O3S. The van der Waals surface area contributed by atoms with E-state index in [-0.39, 0.29) is 18.4 Å². The highest BCUT2D eigenvalue weighted by Crippen LogP contribution is 2.29. The van der Waals surface area contributed by atoms with Gasteiger partial charge in [-0.2, -0.15) is 0 Å². The zero-order valence-corrected chi connectivity index (χ0v) is 15.1. The summed E-state index contributed by atoms with van der Waals surface area (Å²) in [6.45, 7) is -0.103. The van der Waals surface area contributed by atoms with E-state index in [1.807, 2.05) is 0 Å². The van der Waals surface area contributed by atoms with Crippen LogP contribution in [0.3, 0.4) is 0 Å². The molecule has 0 saturated heterocycles. The van der Waals surface area contributed by atoms with Gasteiger partial charge in [-0.15, -0.1) is 11.3 Å². The molecule has 1 aromatic heterocycles. The summed E-state index contributed by atoms with van der Waals surface area (Å²) in [6, 6.07) is 8.02. The minimum absolute atomic E-state index is 0.103. The lowest BCUT2D eigenvalue weighted by atomic mass is 10.1. The zero-order valence-electron chi connectivity index (χ0n) is 14.3. The maximum Gasteiger partial charge on any atom is 0.262 e. The maximum absolute atomic E-state index is 13.3. The van der Waals surface area contributed by atoms with Crippen LogP contribution in [0.25, 0.3) is 0 Å². The van der Waals surface area contributed by atoms with E-state index in [2.05, 4.69) is 15.6 Å². The van der Waals surface area contributed by atoms with Crippen LogP contribution < -0.4 is 15.4 Å². The fourth-order valence-electron chi connectivity index (χ4n) is 2.75. The van der Waals surface area contributed by atoms with Crippen LogP contribution in [0.5, 0.6) is 5.75 Å². The molecule has 0 atom stereocenters. The van der Waals surface area contributed by atoms with Crippen molar-refractivity contribution in [3.8, 4) is 5.75 Å².